The molecular weight excluding hydrogens is 756 g/mol. The SMILES string of the molecule is C=CCCN(Cc1ccc(C2=CCC2)cc1)C(=O)c1nc(-c2nnc(C(CC=C)(OCc3ccccc3)C(F)(F)F)o2)c(NC(=O)OC(C)(C)C)cc1C(F)(F)F. The number of carbonyl (C=O) groups excluding carboxylic acids is 2. The van der Waals surface area contributed by atoms with E-state index in [1.54, 1.807) is 30.3 Å². The number of aromatic nitrogens is 3. The lowest BCUT2D eigenvalue weighted by Crippen LogP contribution is -2.45. The van der Waals surface area contributed by atoms with Crippen molar-refractivity contribution in [3.8, 4) is 11.6 Å². The first-order chi connectivity index (χ1) is 26.8. The Labute approximate surface area is 325 Å². The van der Waals surface area contributed by atoms with Crippen LogP contribution in [0.15, 0.2) is 96.5 Å². The largest absolute Gasteiger partial charge is 0.444 e. The van der Waals surface area contributed by atoms with Crippen molar-refractivity contribution in [2.45, 2.75) is 83.2 Å². The summed E-state index contributed by atoms with van der Waals surface area (Å²) in [7, 11) is 0. The van der Waals surface area contributed by atoms with Gasteiger partial charge in [-0.25, -0.2) is 9.78 Å². The molecule has 4 aromatic rings. The van der Waals surface area contributed by atoms with Crippen molar-refractivity contribution < 1.29 is 49.8 Å². The minimum Gasteiger partial charge on any atom is -0.444 e. The minimum atomic E-state index is -5.22. The number of allylic oxidation sites excluding steroid dienone is 2. The highest BCUT2D eigenvalue weighted by Gasteiger charge is 2.61. The van der Waals surface area contributed by atoms with Crippen LogP contribution in [0.5, 0.6) is 0 Å². The van der Waals surface area contributed by atoms with Gasteiger partial charge >= 0.3 is 18.4 Å². The number of pyridine rings is 1. The Bertz CT molecular complexity index is 2110. The molecule has 2 heterocycles. The molecule has 2 aromatic heterocycles. The first-order valence-electron chi connectivity index (χ1n) is 17.9. The Balaban J connectivity index is 1.64. The number of amides is 2. The molecule has 1 aliphatic rings. The van der Waals surface area contributed by atoms with E-state index in [0.29, 0.717) is 17.2 Å². The number of carbonyl (C=O) groups is 2. The number of nitrogens with one attached hydrogen (secondary N) is 1. The maximum absolute atomic E-state index is 15.0. The van der Waals surface area contributed by atoms with Crippen molar-refractivity contribution in [2.75, 3.05) is 11.9 Å². The lowest BCUT2D eigenvalue weighted by Gasteiger charge is -2.31. The summed E-state index contributed by atoms with van der Waals surface area (Å²) in [5, 5.41) is 9.51. The molecule has 5 rings (SSSR count). The molecule has 10 nitrogen and oxygen atoms in total. The van der Waals surface area contributed by atoms with Crippen LogP contribution in [-0.4, -0.2) is 50.4 Å². The van der Waals surface area contributed by atoms with Gasteiger partial charge in [-0.2, -0.15) is 26.3 Å². The van der Waals surface area contributed by atoms with Gasteiger partial charge in [0.05, 0.1) is 17.9 Å². The standard InChI is InChI=1S/C41H41F6N5O5/c1-6-8-22-52(24-26-17-19-29(20-18-26)28-15-12-16-28)35(53)32-30(40(42,43)44)23-31(48-37(54)57-38(3,4)5)33(49-32)34-50-51-36(56-34)39(21-7-2,41(45,46)47)55-25-27-13-10-9-11-14-27/h6-7,9-11,13-15,17-20,23H,1-2,8,12,16,21-22,24-25H2,3-5H3,(H,48,54). The summed E-state index contributed by atoms with van der Waals surface area (Å²) in [5.41, 5.74) is -5.44. The van der Waals surface area contributed by atoms with Crippen molar-refractivity contribution in [3.63, 3.8) is 0 Å². The fourth-order valence-corrected chi connectivity index (χ4v) is 5.80. The zero-order chi connectivity index (χ0) is 41.6. The van der Waals surface area contributed by atoms with Crippen LogP contribution < -0.4 is 5.32 Å². The molecule has 0 fully saturated rings. The number of halogens is 6. The highest BCUT2D eigenvalue weighted by atomic mass is 19.4. The van der Waals surface area contributed by atoms with Crippen LogP contribution in [-0.2, 0) is 34.4 Å². The average molecular weight is 798 g/mol. The van der Waals surface area contributed by atoms with Gasteiger partial charge < -0.3 is 18.8 Å². The number of benzene rings is 2. The lowest BCUT2D eigenvalue weighted by molar-refractivity contribution is -0.295. The van der Waals surface area contributed by atoms with Crippen LogP contribution in [0.1, 0.15) is 85.1 Å². The third-order valence-electron chi connectivity index (χ3n) is 8.75. The second kappa shape index (κ2) is 17.2. The van der Waals surface area contributed by atoms with E-state index in [1.165, 1.54) is 39.0 Å². The molecule has 57 heavy (non-hydrogen) atoms. The van der Waals surface area contributed by atoms with Gasteiger partial charge in [0.25, 0.3) is 17.7 Å². The molecule has 1 aliphatic carbocycles. The van der Waals surface area contributed by atoms with E-state index in [2.05, 4.69) is 39.7 Å². The molecule has 0 aliphatic heterocycles. The van der Waals surface area contributed by atoms with Crippen LogP contribution in [0.3, 0.4) is 0 Å². The summed E-state index contributed by atoms with van der Waals surface area (Å²) in [6.07, 6.45) is -5.97. The lowest BCUT2D eigenvalue weighted by atomic mass is 9.91. The third-order valence-corrected chi connectivity index (χ3v) is 8.75. The number of ether oxygens (including phenoxy) is 2. The van der Waals surface area contributed by atoms with Gasteiger partial charge in [-0.05, 0) is 68.4 Å². The molecular formula is C41H41F6N5O5. The summed E-state index contributed by atoms with van der Waals surface area (Å²) in [5.74, 6) is -3.17. The molecule has 0 spiro atoms. The summed E-state index contributed by atoms with van der Waals surface area (Å²) < 4.78 is 106. The molecule has 302 valence electrons. The van der Waals surface area contributed by atoms with Gasteiger partial charge in [0, 0.05) is 19.5 Å². The predicted molar refractivity (Wildman–Crippen MR) is 199 cm³/mol. The zero-order valence-corrected chi connectivity index (χ0v) is 31.5. The van der Waals surface area contributed by atoms with Crippen molar-refractivity contribution in [1.82, 2.24) is 20.1 Å². The van der Waals surface area contributed by atoms with E-state index >= 15 is 13.2 Å². The Hall–Kier alpha value is -5.77. The van der Waals surface area contributed by atoms with Gasteiger partial charge in [0.15, 0.2) is 5.69 Å². The van der Waals surface area contributed by atoms with Gasteiger partial charge in [0.2, 0.25) is 5.60 Å². The Morgan fingerprint density at radius 2 is 1.63 bits per heavy atom. The fourth-order valence-electron chi connectivity index (χ4n) is 5.80. The van der Waals surface area contributed by atoms with Crippen LogP contribution in [0, 0.1) is 0 Å². The Morgan fingerprint density at radius 3 is 2.19 bits per heavy atom. The highest BCUT2D eigenvalue weighted by molar-refractivity contribution is 5.97. The number of rotatable bonds is 15. The smallest absolute Gasteiger partial charge is 0.426 e. The molecule has 0 radical (unpaired) electrons. The first-order valence-corrected chi connectivity index (χ1v) is 17.9. The monoisotopic (exact) mass is 797 g/mol. The van der Waals surface area contributed by atoms with E-state index in [-0.39, 0.29) is 19.5 Å². The molecule has 16 heteroatoms. The number of alkyl halides is 6. The van der Waals surface area contributed by atoms with Gasteiger partial charge in [-0.15, -0.1) is 23.4 Å². The Kier molecular flexibility index (Phi) is 12.8. The average Bonchev–Trinajstić information content (AvgIpc) is 3.60. The summed E-state index contributed by atoms with van der Waals surface area (Å²) in [6.45, 7) is 10.8. The molecule has 1 atom stereocenters. The van der Waals surface area contributed by atoms with E-state index in [9.17, 15) is 22.8 Å². The van der Waals surface area contributed by atoms with Crippen LogP contribution in [0.4, 0.5) is 36.8 Å². The fraction of sp³-hybridized carbons (Fsp3) is 0.341. The molecule has 1 unspecified atom stereocenters. The van der Waals surface area contributed by atoms with Gasteiger partial charge in [0.1, 0.15) is 11.3 Å². The summed E-state index contributed by atoms with van der Waals surface area (Å²) in [6, 6.07) is 15.6. The van der Waals surface area contributed by atoms with Crippen molar-refractivity contribution in [1.29, 1.82) is 0 Å². The summed E-state index contributed by atoms with van der Waals surface area (Å²) >= 11 is 0. The van der Waals surface area contributed by atoms with Gasteiger partial charge in [-0.3, -0.25) is 10.1 Å². The van der Waals surface area contributed by atoms with E-state index in [0.717, 1.165) is 35.0 Å². The van der Waals surface area contributed by atoms with Crippen molar-refractivity contribution in [2.24, 2.45) is 0 Å². The van der Waals surface area contributed by atoms with Crippen molar-refractivity contribution in [3.05, 3.63) is 126 Å². The predicted octanol–water partition coefficient (Wildman–Crippen LogP) is 10.4. The van der Waals surface area contributed by atoms with E-state index in [4.69, 9.17) is 13.9 Å². The summed E-state index contributed by atoms with van der Waals surface area (Å²) in [4.78, 5) is 32.3. The molecule has 2 amide bonds. The normalized spacial score (nSPS) is 14.2. The van der Waals surface area contributed by atoms with E-state index < -0.39 is 83.0 Å². The highest BCUT2D eigenvalue weighted by Crippen LogP contribution is 2.46. The van der Waals surface area contributed by atoms with Crippen LogP contribution in [0.25, 0.3) is 17.2 Å². The first kappa shape index (κ1) is 42.4. The maximum Gasteiger partial charge on any atom is 0.426 e. The number of hydrogen-bond acceptors (Lipinski definition) is 8. The topological polar surface area (TPSA) is 120 Å². The Morgan fingerprint density at radius 1 is 0.947 bits per heavy atom. The van der Waals surface area contributed by atoms with Crippen LogP contribution in [0.2, 0.25) is 0 Å². The number of hydrogen-bond donors (Lipinski definition) is 1. The van der Waals surface area contributed by atoms with Crippen LogP contribution >= 0.6 is 0 Å². The number of anilines is 1. The quantitative estimate of drug-likeness (QED) is 0.0933. The minimum absolute atomic E-state index is 0.0689. The second-order valence-corrected chi connectivity index (χ2v) is 14.2. The van der Waals surface area contributed by atoms with Gasteiger partial charge in [-0.1, -0.05) is 72.8 Å². The zero-order valence-electron chi connectivity index (χ0n) is 31.5. The second-order valence-electron chi connectivity index (χ2n) is 14.2. The molecule has 0 saturated carbocycles. The molecule has 1 N–H and O–H groups in total. The van der Waals surface area contributed by atoms with E-state index in [1.807, 2.05) is 12.1 Å². The number of nitrogens with zero attached hydrogens (tertiary/aromatic N) is 4. The molecule has 2 aromatic carbocycles. The van der Waals surface area contributed by atoms with Crippen molar-refractivity contribution >= 4 is 23.3 Å². The molecule has 0 saturated heterocycles. The molecule has 0 bridgehead atoms. The third kappa shape index (κ3) is 10.2. The maximum atomic E-state index is 15.0.